The van der Waals surface area contributed by atoms with Gasteiger partial charge in [-0.3, -0.25) is 0 Å². The standard InChI is InChI=1S/C14H26N2O3/c1-8-9(2)18-13(12(8)16-10(3)15-6)11-7-17-14(4,5)19-11/h8-9,11-13,15-16H,3,7H2,1-2,4-6H3. The molecule has 0 aliphatic carbocycles. The summed E-state index contributed by atoms with van der Waals surface area (Å²) in [7, 11) is 1.85. The van der Waals surface area contributed by atoms with Crippen LogP contribution < -0.4 is 10.6 Å². The third-order valence-corrected chi connectivity index (χ3v) is 4.07. The van der Waals surface area contributed by atoms with Crippen molar-refractivity contribution in [3.05, 3.63) is 12.4 Å². The van der Waals surface area contributed by atoms with Crippen LogP contribution in [0, 0.1) is 5.92 Å². The van der Waals surface area contributed by atoms with Gasteiger partial charge in [0.05, 0.1) is 24.6 Å². The predicted molar refractivity (Wildman–Crippen MR) is 73.5 cm³/mol. The van der Waals surface area contributed by atoms with Gasteiger partial charge >= 0.3 is 0 Å². The maximum Gasteiger partial charge on any atom is 0.163 e. The van der Waals surface area contributed by atoms with E-state index in [1.165, 1.54) is 0 Å². The molecule has 0 radical (unpaired) electrons. The second-order valence-corrected chi connectivity index (χ2v) is 5.93. The van der Waals surface area contributed by atoms with Crippen molar-refractivity contribution in [1.29, 1.82) is 0 Å². The van der Waals surface area contributed by atoms with E-state index in [-0.39, 0.29) is 24.4 Å². The van der Waals surface area contributed by atoms with Crippen molar-refractivity contribution in [2.45, 2.75) is 57.8 Å². The molecule has 0 aromatic heterocycles. The highest BCUT2D eigenvalue weighted by Crippen LogP contribution is 2.34. The zero-order valence-corrected chi connectivity index (χ0v) is 12.5. The maximum atomic E-state index is 6.07. The molecule has 2 aliphatic rings. The van der Waals surface area contributed by atoms with Gasteiger partial charge < -0.3 is 24.8 Å². The van der Waals surface area contributed by atoms with Gasteiger partial charge in [0.15, 0.2) is 5.79 Å². The molecule has 0 saturated carbocycles. The summed E-state index contributed by atoms with van der Waals surface area (Å²) in [6.45, 7) is 12.7. The van der Waals surface area contributed by atoms with Gasteiger partial charge in [-0.1, -0.05) is 13.5 Å². The van der Waals surface area contributed by atoms with Gasteiger partial charge in [-0.15, -0.1) is 0 Å². The smallest absolute Gasteiger partial charge is 0.163 e. The van der Waals surface area contributed by atoms with E-state index in [1.807, 2.05) is 20.9 Å². The van der Waals surface area contributed by atoms with E-state index in [1.54, 1.807) is 0 Å². The molecule has 0 aromatic carbocycles. The van der Waals surface area contributed by atoms with E-state index in [0.717, 1.165) is 5.82 Å². The van der Waals surface area contributed by atoms with Crippen molar-refractivity contribution in [2.24, 2.45) is 5.92 Å². The molecule has 110 valence electrons. The SMILES string of the molecule is C=C(NC)NC1C(C)C(C)OC1C1COC(C)(C)O1. The van der Waals surface area contributed by atoms with E-state index < -0.39 is 5.79 Å². The topological polar surface area (TPSA) is 51.8 Å². The average molecular weight is 270 g/mol. The molecule has 5 unspecified atom stereocenters. The van der Waals surface area contributed by atoms with Crippen LogP contribution in [0.15, 0.2) is 12.4 Å². The van der Waals surface area contributed by atoms with Gasteiger partial charge in [0.1, 0.15) is 12.2 Å². The highest BCUT2D eigenvalue weighted by atomic mass is 16.7. The minimum absolute atomic E-state index is 0.0168. The van der Waals surface area contributed by atoms with E-state index in [0.29, 0.717) is 12.5 Å². The van der Waals surface area contributed by atoms with E-state index in [2.05, 4.69) is 31.1 Å². The first-order chi connectivity index (χ1) is 8.84. The Morgan fingerprint density at radius 1 is 1.32 bits per heavy atom. The summed E-state index contributed by atoms with van der Waals surface area (Å²) < 4.78 is 17.7. The molecule has 2 rings (SSSR count). The van der Waals surface area contributed by atoms with Crippen molar-refractivity contribution >= 4 is 0 Å². The van der Waals surface area contributed by atoms with Crippen molar-refractivity contribution < 1.29 is 14.2 Å². The first kappa shape index (κ1) is 14.6. The fraction of sp³-hybridized carbons (Fsp3) is 0.857. The minimum atomic E-state index is -0.520. The van der Waals surface area contributed by atoms with Crippen LogP contribution in [-0.2, 0) is 14.2 Å². The van der Waals surface area contributed by atoms with Crippen molar-refractivity contribution in [1.82, 2.24) is 10.6 Å². The lowest BCUT2D eigenvalue weighted by Crippen LogP contribution is -2.48. The summed E-state index contributed by atoms with van der Waals surface area (Å²) in [5, 5.41) is 6.42. The number of ether oxygens (including phenoxy) is 3. The molecule has 0 amide bonds. The van der Waals surface area contributed by atoms with Crippen LogP contribution >= 0.6 is 0 Å². The second kappa shape index (κ2) is 5.31. The lowest BCUT2D eigenvalue weighted by atomic mass is 9.94. The zero-order chi connectivity index (χ0) is 14.2. The molecule has 19 heavy (non-hydrogen) atoms. The summed E-state index contributed by atoms with van der Waals surface area (Å²) >= 11 is 0. The van der Waals surface area contributed by atoms with E-state index in [4.69, 9.17) is 14.2 Å². The molecular weight excluding hydrogens is 244 g/mol. The van der Waals surface area contributed by atoms with Gasteiger partial charge in [-0.2, -0.15) is 0 Å². The molecule has 0 spiro atoms. The van der Waals surface area contributed by atoms with Crippen LogP contribution in [0.3, 0.4) is 0 Å². The van der Waals surface area contributed by atoms with Crippen LogP contribution in [0.1, 0.15) is 27.7 Å². The molecule has 5 atom stereocenters. The van der Waals surface area contributed by atoms with Gasteiger partial charge in [0.2, 0.25) is 0 Å². The Morgan fingerprint density at radius 2 is 2.00 bits per heavy atom. The Kier molecular flexibility index (Phi) is 4.08. The molecule has 5 heteroatoms. The van der Waals surface area contributed by atoms with Gasteiger partial charge in [-0.05, 0) is 20.8 Å². The summed E-state index contributed by atoms with van der Waals surface area (Å²) in [6, 6.07) is 0.178. The summed E-state index contributed by atoms with van der Waals surface area (Å²) in [5.74, 6) is 0.674. The first-order valence-corrected chi connectivity index (χ1v) is 6.94. The highest BCUT2D eigenvalue weighted by Gasteiger charge is 2.48. The van der Waals surface area contributed by atoms with Crippen molar-refractivity contribution in [3.8, 4) is 0 Å². The first-order valence-electron chi connectivity index (χ1n) is 6.94. The van der Waals surface area contributed by atoms with Gasteiger partial charge in [0.25, 0.3) is 0 Å². The average Bonchev–Trinajstić information content (AvgIpc) is 2.83. The second-order valence-electron chi connectivity index (χ2n) is 5.93. The van der Waals surface area contributed by atoms with Crippen LogP contribution in [0.25, 0.3) is 0 Å². The number of hydrogen-bond acceptors (Lipinski definition) is 5. The lowest BCUT2D eigenvalue weighted by molar-refractivity contribution is -0.155. The molecular formula is C14H26N2O3. The summed E-state index contributed by atoms with van der Waals surface area (Å²) in [5.41, 5.74) is 0. The largest absolute Gasteiger partial charge is 0.375 e. The molecule has 0 bridgehead atoms. The fourth-order valence-corrected chi connectivity index (χ4v) is 2.73. The van der Waals surface area contributed by atoms with E-state index >= 15 is 0 Å². The predicted octanol–water partition coefficient (Wildman–Crippen LogP) is 1.21. The molecule has 2 fully saturated rings. The van der Waals surface area contributed by atoms with Crippen molar-refractivity contribution in [3.63, 3.8) is 0 Å². The van der Waals surface area contributed by atoms with Crippen LogP contribution in [0.5, 0.6) is 0 Å². The summed E-state index contributed by atoms with van der Waals surface area (Å²) in [6.07, 6.45) is 0.140. The summed E-state index contributed by atoms with van der Waals surface area (Å²) in [4.78, 5) is 0. The number of hydrogen-bond donors (Lipinski definition) is 2. The van der Waals surface area contributed by atoms with E-state index in [9.17, 15) is 0 Å². The number of rotatable bonds is 4. The van der Waals surface area contributed by atoms with Crippen molar-refractivity contribution in [2.75, 3.05) is 13.7 Å². The Hall–Kier alpha value is -0.780. The zero-order valence-electron chi connectivity index (χ0n) is 12.5. The van der Waals surface area contributed by atoms with Crippen LogP contribution in [0.4, 0.5) is 0 Å². The quantitative estimate of drug-likeness (QED) is 0.804. The molecule has 2 aliphatic heterocycles. The lowest BCUT2D eigenvalue weighted by Gasteiger charge is -2.28. The van der Waals surface area contributed by atoms with Crippen LogP contribution in [0.2, 0.25) is 0 Å². The third-order valence-electron chi connectivity index (χ3n) is 4.07. The minimum Gasteiger partial charge on any atom is -0.375 e. The van der Waals surface area contributed by atoms with Crippen LogP contribution in [-0.4, -0.2) is 43.8 Å². The highest BCUT2D eigenvalue weighted by molar-refractivity contribution is 5.02. The third kappa shape index (κ3) is 3.04. The molecule has 2 heterocycles. The maximum absolute atomic E-state index is 6.07. The molecule has 5 nitrogen and oxygen atoms in total. The Labute approximate surface area is 115 Å². The molecule has 0 aromatic rings. The normalized spacial score (nSPS) is 41.2. The molecule has 2 N–H and O–H groups in total. The Balaban J connectivity index is 2.07. The monoisotopic (exact) mass is 270 g/mol. The molecule has 2 saturated heterocycles. The van der Waals surface area contributed by atoms with Gasteiger partial charge in [-0.25, -0.2) is 0 Å². The number of nitrogens with one attached hydrogen (secondary N) is 2. The Bertz CT molecular complexity index is 346. The fourth-order valence-electron chi connectivity index (χ4n) is 2.73. The Morgan fingerprint density at radius 3 is 2.53 bits per heavy atom. The van der Waals surface area contributed by atoms with Gasteiger partial charge in [0, 0.05) is 13.0 Å².